The van der Waals surface area contributed by atoms with Crippen LogP contribution in [0.4, 0.5) is 11.7 Å². The minimum absolute atomic E-state index is 0.0512. The van der Waals surface area contributed by atoms with Crippen LogP contribution in [-0.2, 0) is 0 Å². The van der Waals surface area contributed by atoms with Gasteiger partial charge in [0, 0.05) is 5.54 Å². The molecule has 0 spiro atoms. The lowest BCUT2D eigenvalue weighted by Gasteiger charge is -2.30. The van der Waals surface area contributed by atoms with Crippen molar-refractivity contribution in [2.24, 2.45) is 0 Å². The third kappa shape index (κ3) is 2.15. The quantitative estimate of drug-likeness (QED) is 0.789. The summed E-state index contributed by atoms with van der Waals surface area (Å²) in [5, 5.41) is 3.42. The van der Waals surface area contributed by atoms with E-state index in [1.54, 1.807) is 0 Å². The summed E-state index contributed by atoms with van der Waals surface area (Å²) >= 11 is 0. The molecule has 1 heterocycles. The van der Waals surface area contributed by atoms with Crippen molar-refractivity contribution in [3.8, 4) is 0 Å². The fourth-order valence-corrected chi connectivity index (χ4v) is 2.27. The summed E-state index contributed by atoms with van der Waals surface area (Å²) in [7, 11) is 0. The SMILES string of the molecule is CCC(CC)(CC)Nc1nc2c(N)cccc2o1. The van der Waals surface area contributed by atoms with Crippen LogP contribution in [0.3, 0.4) is 0 Å². The molecule has 18 heavy (non-hydrogen) atoms. The average molecular weight is 247 g/mol. The zero-order chi connectivity index (χ0) is 13.2. The van der Waals surface area contributed by atoms with E-state index < -0.39 is 0 Å². The van der Waals surface area contributed by atoms with E-state index in [1.165, 1.54) is 0 Å². The fraction of sp³-hybridized carbons (Fsp3) is 0.500. The monoisotopic (exact) mass is 247 g/mol. The number of fused-ring (bicyclic) bond motifs is 1. The van der Waals surface area contributed by atoms with Crippen molar-refractivity contribution in [3.63, 3.8) is 0 Å². The van der Waals surface area contributed by atoms with Gasteiger partial charge in [0.05, 0.1) is 5.69 Å². The number of nitrogens with two attached hydrogens (primary N) is 1. The maximum Gasteiger partial charge on any atom is 0.296 e. The highest BCUT2D eigenvalue weighted by Gasteiger charge is 2.25. The van der Waals surface area contributed by atoms with Gasteiger partial charge in [-0.25, -0.2) is 0 Å². The van der Waals surface area contributed by atoms with Crippen LogP contribution in [0.15, 0.2) is 22.6 Å². The van der Waals surface area contributed by atoms with E-state index >= 15 is 0 Å². The molecular weight excluding hydrogens is 226 g/mol. The molecule has 2 rings (SSSR count). The zero-order valence-corrected chi connectivity index (χ0v) is 11.3. The van der Waals surface area contributed by atoms with Crippen LogP contribution in [0.2, 0.25) is 0 Å². The number of hydrogen-bond acceptors (Lipinski definition) is 4. The van der Waals surface area contributed by atoms with Gasteiger partial charge in [-0.3, -0.25) is 0 Å². The Morgan fingerprint density at radius 3 is 2.44 bits per heavy atom. The Kier molecular flexibility index (Phi) is 3.45. The van der Waals surface area contributed by atoms with Gasteiger partial charge in [-0.15, -0.1) is 0 Å². The van der Waals surface area contributed by atoms with Crippen LogP contribution in [-0.4, -0.2) is 10.5 Å². The first kappa shape index (κ1) is 12.7. The number of benzene rings is 1. The second-order valence-corrected chi connectivity index (χ2v) is 4.68. The van der Waals surface area contributed by atoms with Gasteiger partial charge in [0.25, 0.3) is 6.01 Å². The number of nitrogens with one attached hydrogen (secondary N) is 1. The Bertz CT molecular complexity index is 521. The molecule has 1 aromatic heterocycles. The van der Waals surface area contributed by atoms with Crippen LogP contribution >= 0.6 is 0 Å². The number of para-hydroxylation sites is 1. The zero-order valence-electron chi connectivity index (χ0n) is 11.3. The highest BCUT2D eigenvalue weighted by Crippen LogP contribution is 2.29. The Morgan fingerprint density at radius 2 is 1.89 bits per heavy atom. The lowest BCUT2D eigenvalue weighted by molar-refractivity contribution is 0.405. The van der Waals surface area contributed by atoms with Gasteiger partial charge in [-0.1, -0.05) is 26.8 Å². The van der Waals surface area contributed by atoms with Crippen molar-refractivity contribution in [2.45, 2.75) is 45.6 Å². The molecule has 0 aliphatic carbocycles. The predicted molar refractivity (Wildman–Crippen MR) is 75.6 cm³/mol. The number of nitrogens with zero attached hydrogens (tertiary/aromatic N) is 1. The van der Waals surface area contributed by atoms with Crippen molar-refractivity contribution in [3.05, 3.63) is 18.2 Å². The van der Waals surface area contributed by atoms with Crippen LogP contribution in [0.1, 0.15) is 40.0 Å². The molecule has 4 nitrogen and oxygen atoms in total. The molecule has 0 radical (unpaired) electrons. The first-order chi connectivity index (χ1) is 8.64. The van der Waals surface area contributed by atoms with Crippen LogP contribution in [0, 0.1) is 0 Å². The third-order valence-corrected chi connectivity index (χ3v) is 3.85. The van der Waals surface area contributed by atoms with E-state index in [-0.39, 0.29) is 5.54 Å². The molecule has 0 saturated heterocycles. The molecule has 0 saturated carbocycles. The molecule has 0 atom stereocenters. The van der Waals surface area contributed by atoms with Crippen molar-refractivity contribution in [1.29, 1.82) is 0 Å². The number of anilines is 2. The number of oxazole rings is 1. The summed E-state index contributed by atoms with van der Waals surface area (Å²) in [6.07, 6.45) is 3.11. The fourth-order valence-electron chi connectivity index (χ4n) is 2.27. The van der Waals surface area contributed by atoms with E-state index in [2.05, 4.69) is 31.1 Å². The molecule has 0 aliphatic heterocycles. The van der Waals surface area contributed by atoms with Crippen molar-refractivity contribution >= 4 is 22.8 Å². The summed E-state index contributed by atoms with van der Waals surface area (Å²) in [5.41, 5.74) is 8.05. The Hall–Kier alpha value is -1.71. The second-order valence-electron chi connectivity index (χ2n) is 4.68. The molecule has 2 aromatic rings. The second kappa shape index (κ2) is 4.88. The van der Waals surface area contributed by atoms with Gasteiger partial charge in [-0.2, -0.15) is 4.98 Å². The standard InChI is InChI=1S/C14H21N3O/c1-4-14(5-2,6-3)17-13-16-12-10(15)8-7-9-11(12)18-13/h7-9H,4-6,15H2,1-3H3,(H,16,17). The highest BCUT2D eigenvalue weighted by molar-refractivity contribution is 5.86. The topological polar surface area (TPSA) is 64.1 Å². The molecular formula is C14H21N3O. The predicted octanol–water partition coefficient (Wildman–Crippen LogP) is 3.79. The molecule has 4 heteroatoms. The highest BCUT2D eigenvalue weighted by atomic mass is 16.4. The van der Waals surface area contributed by atoms with Gasteiger partial charge in [0.1, 0.15) is 5.52 Å². The molecule has 0 amide bonds. The first-order valence-corrected chi connectivity index (χ1v) is 6.57. The third-order valence-electron chi connectivity index (χ3n) is 3.85. The molecule has 0 fully saturated rings. The minimum Gasteiger partial charge on any atom is -0.423 e. The van der Waals surface area contributed by atoms with E-state index in [4.69, 9.17) is 10.2 Å². The molecule has 3 N–H and O–H groups in total. The summed E-state index contributed by atoms with van der Waals surface area (Å²) in [6, 6.07) is 6.16. The van der Waals surface area contributed by atoms with E-state index in [0.717, 1.165) is 30.4 Å². The summed E-state index contributed by atoms with van der Waals surface area (Å²) in [6.45, 7) is 6.53. The maximum absolute atomic E-state index is 5.88. The number of aromatic nitrogens is 1. The largest absolute Gasteiger partial charge is 0.423 e. The van der Waals surface area contributed by atoms with Crippen LogP contribution in [0.25, 0.3) is 11.1 Å². The normalized spacial score (nSPS) is 11.9. The molecule has 1 aromatic carbocycles. The van der Waals surface area contributed by atoms with Gasteiger partial charge in [0.2, 0.25) is 0 Å². The molecule has 0 unspecified atom stereocenters. The van der Waals surface area contributed by atoms with E-state index in [1.807, 2.05) is 18.2 Å². The van der Waals surface area contributed by atoms with E-state index in [9.17, 15) is 0 Å². The minimum atomic E-state index is 0.0512. The summed E-state index contributed by atoms with van der Waals surface area (Å²) in [4.78, 5) is 4.44. The molecule has 98 valence electrons. The number of hydrogen-bond donors (Lipinski definition) is 2. The van der Waals surface area contributed by atoms with Crippen LogP contribution < -0.4 is 11.1 Å². The lowest BCUT2D eigenvalue weighted by Crippen LogP contribution is -2.36. The Labute approximate surface area is 108 Å². The Morgan fingerprint density at radius 1 is 1.22 bits per heavy atom. The smallest absolute Gasteiger partial charge is 0.296 e. The summed E-state index contributed by atoms with van der Waals surface area (Å²) in [5.74, 6) is 0. The maximum atomic E-state index is 5.88. The van der Waals surface area contributed by atoms with Crippen molar-refractivity contribution in [1.82, 2.24) is 4.98 Å². The van der Waals surface area contributed by atoms with Crippen molar-refractivity contribution < 1.29 is 4.42 Å². The molecule has 0 aliphatic rings. The van der Waals surface area contributed by atoms with E-state index in [0.29, 0.717) is 11.7 Å². The average Bonchev–Trinajstić information content (AvgIpc) is 2.80. The molecule has 0 bridgehead atoms. The van der Waals surface area contributed by atoms with Crippen LogP contribution in [0.5, 0.6) is 0 Å². The number of rotatable bonds is 5. The lowest BCUT2D eigenvalue weighted by atomic mass is 9.90. The van der Waals surface area contributed by atoms with Crippen molar-refractivity contribution in [2.75, 3.05) is 11.1 Å². The van der Waals surface area contributed by atoms with Gasteiger partial charge in [-0.05, 0) is 31.4 Å². The van der Waals surface area contributed by atoms with Gasteiger partial charge >= 0.3 is 0 Å². The van der Waals surface area contributed by atoms with Gasteiger partial charge in [0.15, 0.2) is 5.58 Å². The Balaban J connectivity index is 2.34. The summed E-state index contributed by atoms with van der Waals surface area (Å²) < 4.78 is 5.71. The van der Waals surface area contributed by atoms with Gasteiger partial charge < -0.3 is 15.5 Å². The number of nitrogen functional groups attached to an aromatic ring is 1. The first-order valence-electron chi connectivity index (χ1n) is 6.57.